The van der Waals surface area contributed by atoms with E-state index in [1.807, 2.05) is 48.0 Å². The molecule has 0 amide bonds. The van der Waals surface area contributed by atoms with Gasteiger partial charge < -0.3 is 14.9 Å². The van der Waals surface area contributed by atoms with E-state index in [9.17, 15) is 9.90 Å². The van der Waals surface area contributed by atoms with Crippen LogP contribution in [0.15, 0.2) is 72.0 Å². The van der Waals surface area contributed by atoms with Gasteiger partial charge in [-0.25, -0.2) is 4.79 Å². The van der Waals surface area contributed by atoms with E-state index in [-0.39, 0.29) is 17.1 Å². The van der Waals surface area contributed by atoms with E-state index in [1.165, 1.54) is 0 Å². The van der Waals surface area contributed by atoms with Crippen molar-refractivity contribution in [1.29, 1.82) is 0 Å². The fraction of sp³-hybridized carbons (Fsp3) is 0.182. The first kappa shape index (κ1) is 27.1. The normalized spacial score (nSPS) is 19.6. The molecule has 0 atom stereocenters. The monoisotopic (exact) mass is 542 g/mol. The Balaban J connectivity index is 0.000000277. The van der Waals surface area contributed by atoms with Crippen molar-refractivity contribution in [3.05, 3.63) is 77.6 Å². The van der Waals surface area contributed by atoms with Gasteiger partial charge in [-0.1, -0.05) is 78.1 Å². The zero-order valence-corrected chi connectivity index (χ0v) is 22.7. The molecule has 0 radical (unpaired) electrons. The Kier molecular flexibility index (Phi) is 11.5. The van der Waals surface area contributed by atoms with Crippen molar-refractivity contribution in [2.75, 3.05) is 0 Å². The summed E-state index contributed by atoms with van der Waals surface area (Å²) < 4.78 is 3.84. The fourth-order valence-corrected chi connectivity index (χ4v) is 20.3. The number of aliphatic hydroxyl groups is 1. The molecule has 4 nitrogen and oxygen atoms in total. The molecule has 2 N–H and O–H groups in total. The van der Waals surface area contributed by atoms with Gasteiger partial charge in [0.05, 0.1) is 10.0 Å². The van der Waals surface area contributed by atoms with Gasteiger partial charge in [0.15, 0.2) is 0 Å². The van der Waals surface area contributed by atoms with Crippen LogP contribution >= 0.6 is 45.6 Å². The Morgan fingerprint density at radius 3 is 2.12 bits per heavy atom. The van der Waals surface area contributed by atoms with Crippen molar-refractivity contribution < 1.29 is 19.7 Å². The lowest BCUT2D eigenvalue weighted by Gasteiger charge is -2.28. The molecular formula is C22H24O4P2S4. The predicted molar refractivity (Wildman–Crippen MR) is 150 cm³/mol. The second-order valence-electron chi connectivity index (χ2n) is 6.14. The Bertz CT molecular complexity index is 1030. The molecule has 4 rings (SSSR count). The van der Waals surface area contributed by atoms with Crippen molar-refractivity contribution in [1.82, 2.24) is 0 Å². The van der Waals surface area contributed by atoms with Crippen LogP contribution in [0.2, 0.25) is 0 Å². The summed E-state index contributed by atoms with van der Waals surface area (Å²) in [7, 11) is 0. The molecule has 1 aliphatic heterocycles. The third-order valence-electron chi connectivity index (χ3n) is 4.06. The largest absolute Gasteiger partial charge is 0.508 e. The van der Waals surface area contributed by atoms with Crippen molar-refractivity contribution in [2.24, 2.45) is 0 Å². The highest BCUT2D eigenvalue weighted by atomic mass is 33.7. The van der Waals surface area contributed by atoms with E-state index >= 15 is 0 Å². The molecule has 0 unspecified atom stereocenters. The molecule has 1 saturated heterocycles. The van der Waals surface area contributed by atoms with Crippen LogP contribution in [0.4, 0.5) is 0 Å². The van der Waals surface area contributed by atoms with Crippen LogP contribution < -0.4 is 10.0 Å². The van der Waals surface area contributed by atoms with Crippen LogP contribution in [0.1, 0.15) is 32.3 Å². The van der Waals surface area contributed by atoms with Gasteiger partial charge in [-0.15, -0.1) is 0 Å². The van der Waals surface area contributed by atoms with E-state index < -0.39 is 10.4 Å². The third kappa shape index (κ3) is 7.72. The average molecular weight is 543 g/mol. The second kappa shape index (κ2) is 13.5. The number of rotatable bonds is 4. The smallest absolute Gasteiger partial charge is 0.346 e. The first-order valence-corrected chi connectivity index (χ1v) is 18.4. The summed E-state index contributed by atoms with van der Waals surface area (Å²) in [5.74, 6) is 0.229. The van der Waals surface area contributed by atoms with Crippen molar-refractivity contribution in [3.8, 4) is 11.5 Å². The maximum absolute atomic E-state index is 12.0. The van der Waals surface area contributed by atoms with E-state index in [0.717, 1.165) is 30.7 Å². The molecule has 1 fully saturated rings. The number of esters is 1. The number of allylic oxidation sites excluding steroid dienone is 2. The highest BCUT2D eigenvalue weighted by molar-refractivity contribution is 9.39. The van der Waals surface area contributed by atoms with Gasteiger partial charge in [0.1, 0.15) is 17.3 Å². The van der Waals surface area contributed by atoms with Crippen molar-refractivity contribution >= 4 is 74.1 Å². The summed E-state index contributed by atoms with van der Waals surface area (Å²) in [6.07, 6.45) is 4.83. The Hall–Kier alpha value is -1.14. The Labute approximate surface area is 208 Å². The van der Waals surface area contributed by atoms with E-state index in [0.29, 0.717) is 5.75 Å². The van der Waals surface area contributed by atoms with Crippen LogP contribution in [0.25, 0.3) is 0 Å². The highest BCUT2D eigenvalue weighted by Gasteiger charge is 2.30. The van der Waals surface area contributed by atoms with Crippen LogP contribution in [-0.2, 0) is 16.6 Å². The fourth-order valence-electron chi connectivity index (χ4n) is 2.47. The minimum Gasteiger partial charge on any atom is -0.508 e. The maximum atomic E-state index is 12.0. The third-order valence-corrected chi connectivity index (χ3v) is 27.4. The first-order chi connectivity index (χ1) is 15.4. The molecule has 0 bridgehead atoms. The average Bonchev–Trinajstić information content (AvgIpc) is 2.80. The zero-order chi connectivity index (χ0) is 23.6. The summed E-state index contributed by atoms with van der Waals surface area (Å²) in [4.78, 5) is 12.0. The van der Waals surface area contributed by atoms with E-state index in [2.05, 4.69) is 12.2 Å². The standard InChI is InChI=1S/C13H12O3P2S3.C7H6OS.C2H6/c14-12-4-2-1-3-11(12)13(15)16-9-5-7-10(8-6-9)18(19)20-17-21-18;8-7-3-1-6(5-9)2-4-7;1-2/h3-8,14,17H,1-2H2;1-5,8H;1-2H3. The minimum absolute atomic E-state index is 0.00145. The number of aromatic hydroxyl groups is 1. The number of hydrogen-bond donors (Lipinski definition) is 2. The number of phenolic OH excluding ortho intramolecular Hbond substituents is 1. The van der Waals surface area contributed by atoms with Crippen molar-refractivity contribution in [2.45, 2.75) is 26.7 Å². The summed E-state index contributed by atoms with van der Waals surface area (Å²) in [5.41, 5.74) is 1.19. The van der Waals surface area contributed by atoms with Gasteiger partial charge >= 0.3 is 5.97 Å². The van der Waals surface area contributed by atoms with Gasteiger partial charge in [0, 0.05) is 17.7 Å². The molecule has 2 aromatic carbocycles. The van der Waals surface area contributed by atoms with Gasteiger partial charge in [-0.3, -0.25) is 0 Å². The van der Waals surface area contributed by atoms with Crippen LogP contribution in [0.5, 0.6) is 11.5 Å². The minimum atomic E-state index is -1.46. The lowest BCUT2D eigenvalue weighted by atomic mass is 10.1. The number of aliphatic hydroxyl groups excluding tert-OH is 1. The molecule has 10 heteroatoms. The molecule has 2 aromatic rings. The maximum Gasteiger partial charge on any atom is 0.346 e. The molecule has 1 aliphatic carbocycles. The lowest BCUT2D eigenvalue weighted by Crippen LogP contribution is -2.14. The Morgan fingerprint density at radius 2 is 1.62 bits per heavy atom. The lowest BCUT2D eigenvalue weighted by molar-refractivity contribution is -0.130. The first-order valence-electron chi connectivity index (χ1n) is 9.80. The van der Waals surface area contributed by atoms with Gasteiger partial charge in [-0.2, -0.15) is 0 Å². The number of carbonyl (C=O) groups excluding carboxylic acids is 1. The van der Waals surface area contributed by atoms with Gasteiger partial charge in [0.25, 0.3) is 0 Å². The molecular weight excluding hydrogens is 518 g/mol. The molecule has 0 spiro atoms. The topological polar surface area (TPSA) is 66.8 Å². The van der Waals surface area contributed by atoms with Crippen molar-refractivity contribution in [3.63, 3.8) is 0 Å². The molecule has 0 saturated carbocycles. The van der Waals surface area contributed by atoms with Crippen LogP contribution in [-0.4, -0.2) is 21.5 Å². The number of hydrogen-bond acceptors (Lipinski definition) is 8. The number of thiocarbonyl (C=S) groups is 1. The molecule has 170 valence electrons. The number of benzene rings is 2. The van der Waals surface area contributed by atoms with Gasteiger partial charge in [-0.05, 0) is 60.9 Å². The van der Waals surface area contributed by atoms with Gasteiger partial charge in [0.2, 0.25) is 0 Å². The number of carbonyl (C=O) groups is 1. The summed E-state index contributed by atoms with van der Waals surface area (Å²) in [6.45, 7) is 4.84. The summed E-state index contributed by atoms with van der Waals surface area (Å²) in [5, 5.41) is 21.2. The Morgan fingerprint density at radius 1 is 1.03 bits per heavy atom. The molecule has 32 heavy (non-hydrogen) atoms. The van der Waals surface area contributed by atoms with E-state index in [1.54, 1.807) is 53.9 Å². The zero-order valence-electron chi connectivity index (χ0n) is 17.6. The summed E-state index contributed by atoms with van der Waals surface area (Å²) >= 11 is 14.0. The van der Waals surface area contributed by atoms with E-state index in [4.69, 9.17) is 21.7 Å². The summed E-state index contributed by atoms with van der Waals surface area (Å²) in [6, 6.07) is 14.2. The highest BCUT2D eigenvalue weighted by Crippen LogP contribution is 2.92. The number of ether oxygens (including phenoxy) is 1. The molecule has 1 heterocycles. The predicted octanol–water partition coefficient (Wildman–Crippen LogP) is 7.44. The SMILES string of the molecule is CC.O=C(Oc1ccc(P2(=S)SPS2)cc1)C1=CCCC=C1O.Oc1ccc(C=S)cc1. The molecule has 2 aliphatic rings. The number of phenols is 1. The second-order valence-corrected chi connectivity index (χ2v) is 21.8. The van der Waals surface area contributed by atoms with Crippen LogP contribution in [0, 0.1) is 0 Å². The van der Waals surface area contributed by atoms with Crippen LogP contribution in [0.3, 0.4) is 0 Å². The molecule has 0 aromatic heterocycles. The quantitative estimate of drug-likeness (QED) is 0.179.